The molecule has 5 unspecified atom stereocenters. The fourth-order valence-corrected chi connectivity index (χ4v) is 11.2. The van der Waals surface area contributed by atoms with Crippen molar-refractivity contribution in [1.82, 2.24) is 0 Å². The van der Waals surface area contributed by atoms with Crippen LogP contribution in [0.1, 0.15) is 278 Å². The highest BCUT2D eigenvalue weighted by Crippen LogP contribution is 2.45. The second-order valence-electron chi connectivity index (χ2n) is 25.0. The molecule has 101 heavy (non-hydrogen) atoms. The molecule has 5 atom stereocenters. The Balaban J connectivity index is 4.76. The summed E-state index contributed by atoms with van der Waals surface area (Å²) in [4.78, 5) is 58.7. The van der Waals surface area contributed by atoms with Crippen LogP contribution in [0, 0.1) is 0 Å². The van der Waals surface area contributed by atoms with Crippen molar-refractivity contribution in [3.05, 3.63) is 170 Å². The molecule has 4 N–H and O–H groups in total. The van der Waals surface area contributed by atoms with Crippen molar-refractivity contribution >= 4 is 33.6 Å². The Morgan fingerprint density at radius 2 is 0.525 bits per heavy atom. The Hall–Kier alpha value is -5.09. The minimum absolute atomic E-state index is 0.0805. The fraction of sp³-hybridized carbons (Fsp3) is 0.627. The molecule has 16 nitrogen and oxygen atoms in total. The van der Waals surface area contributed by atoms with Crippen LogP contribution in [-0.4, -0.2) is 95.9 Å². The molecule has 0 fully saturated rings. The predicted octanol–water partition coefficient (Wildman–Crippen LogP) is 22.4. The number of hydrogen-bond donors (Lipinski definition) is 4. The maximum absolute atomic E-state index is 13.0. The number of aliphatic hydroxyl groups excluding tert-OH is 2. The van der Waals surface area contributed by atoms with Crippen molar-refractivity contribution in [2.45, 2.75) is 296 Å². The average molecular weight is 1450 g/mol. The normalized spacial score (nSPS) is 15.0. The van der Waals surface area contributed by atoms with Crippen molar-refractivity contribution in [3.8, 4) is 0 Å². The Morgan fingerprint density at radius 1 is 0.287 bits per heavy atom. The highest BCUT2D eigenvalue weighted by molar-refractivity contribution is 7.47. The minimum atomic E-state index is -4.95. The van der Waals surface area contributed by atoms with Crippen LogP contribution in [0.15, 0.2) is 170 Å². The highest BCUT2D eigenvalue weighted by atomic mass is 31.2. The maximum Gasteiger partial charge on any atom is 0.472 e. The molecule has 0 aromatic heterocycles. The summed E-state index contributed by atoms with van der Waals surface area (Å²) in [6.07, 6.45) is 93.8. The number of allylic oxidation sites excluding steroid dienone is 28. The van der Waals surface area contributed by atoms with Gasteiger partial charge in [0.2, 0.25) is 0 Å². The molecule has 0 aromatic rings. The molecule has 0 spiro atoms. The summed E-state index contributed by atoms with van der Waals surface area (Å²) < 4.78 is 61.1. The van der Waals surface area contributed by atoms with E-state index in [0.29, 0.717) is 19.3 Å². The van der Waals surface area contributed by atoms with E-state index >= 15 is 0 Å². The maximum atomic E-state index is 13.0. The Labute approximate surface area is 612 Å². The van der Waals surface area contributed by atoms with Gasteiger partial charge >= 0.3 is 33.6 Å². The second-order valence-corrected chi connectivity index (χ2v) is 27.9. The third-order valence-corrected chi connectivity index (χ3v) is 17.3. The summed E-state index contributed by atoms with van der Waals surface area (Å²) in [5.74, 6) is -1.63. The molecule has 0 saturated heterocycles. The lowest BCUT2D eigenvalue weighted by atomic mass is 10.1. The first-order valence-electron chi connectivity index (χ1n) is 38.4. The Kier molecular flexibility index (Phi) is 70.9. The van der Waals surface area contributed by atoms with E-state index < -0.39 is 91.5 Å². The van der Waals surface area contributed by atoms with E-state index in [1.807, 2.05) is 0 Å². The molecule has 0 bridgehead atoms. The van der Waals surface area contributed by atoms with Gasteiger partial charge in [-0.25, -0.2) is 9.13 Å². The number of ether oxygens (including phenoxy) is 3. The molecule has 0 saturated carbocycles. The van der Waals surface area contributed by atoms with Crippen LogP contribution in [0.2, 0.25) is 0 Å². The standard InChI is InChI=1S/C83H136O16P2/c1-4-7-10-13-16-19-22-25-28-31-34-36-38-40-43-45-48-51-54-57-60-63-66-69-81(86)93-72-78(84)73-95-100(89,90)96-74-79(85)75-97-101(91,92)98-77-80(99-83(88)71-68-65-62-59-56-53-50-47-42-33-30-27-24-21-18-15-12-9-6-3)76-94-82(87)70-67-64-61-58-55-52-49-46-44-41-39-37-35-32-29-26-23-20-17-14-11-8-5-2/h7-8,10-11,16-21,25-30,34-37,40-44,47-48,51,78-80,84-85H,4-6,9,12-15,22-24,31-33,38-39,45-46,49-50,52-77H2,1-3H3,(H,89,90)(H,91,92)/b10-7-,11-8-,19-16-,20-17-,21-18-,28-25-,29-26-,30-27-,36-34-,37-35-,43-40-,44-41-,47-42-,51-48-. The molecular formula is C83H136O16P2. The van der Waals surface area contributed by atoms with Crippen LogP contribution in [0.5, 0.6) is 0 Å². The quantitative estimate of drug-likeness (QED) is 0.0146. The van der Waals surface area contributed by atoms with Crippen molar-refractivity contribution in [2.24, 2.45) is 0 Å². The van der Waals surface area contributed by atoms with Crippen LogP contribution >= 0.6 is 15.6 Å². The average Bonchev–Trinajstić information content (AvgIpc) is 1.05. The van der Waals surface area contributed by atoms with Gasteiger partial charge in [0.25, 0.3) is 0 Å². The molecule has 0 aliphatic rings. The van der Waals surface area contributed by atoms with E-state index in [0.717, 1.165) is 199 Å². The zero-order chi connectivity index (χ0) is 73.7. The number of unbranched alkanes of at least 4 members (excludes halogenated alkanes) is 20. The zero-order valence-corrected chi connectivity index (χ0v) is 64.3. The van der Waals surface area contributed by atoms with Crippen LogP contribution in [0.3, 0.4) is 0 Å². The molecule has 0 aliphatic carbocycles. The number of aliphatic hydroxyl groups is 2. The van der Waals surface area contributed by atoms with E-state index in [1.165, 1.54) is 19.3 Å². The molecule has 0 amide bonds. The fourth-order valence-electron chi connectivity index (χ4n) is 9.61. The predicted molar refractivity (Wildman–Crippen MR) is 417 cm³/mol. The number of carbonyl (C=O) groups excluding carboxylic acids is 3. The lowest BCUT2D eigenvalue weighted by molar-refractivity contribution is -0.161. The number of phosphoric acid groups is 2. The molecule has 574 valence electrons. The van der Waals surface area contributed by atoms with E-state index in [2.05, 4.69) is 191 Å². The summed E-state index contributed by atoms with van der Waals surface area (Å²) in [7, 11) is -9.82. The largest absolute Gasteiger partial charge is 0.472 e. The van der Waals surface area contributed by atoms with Gasteiger partial charge in [-0.2, -0.15) is 0 Å². The van der Waals surface area contributed by atoms with Crippen molar-refractivity contribution in [3.63, 3.8) is 0 Å². The second kappa shape index (κ2) is 74.6. The van der Waals surface area contributed by atoms with Crippen molar-refractivity contribution < 1.29 is 75.8 Å². The zero-order valence-electron chi connectivity index (χ0n) is 62.5. The minimum Gasteiger partial charge on any atom is -0.463 e. The number of rotatable bonds is 71. The lowest BCUT2D eigenvalue weighted by Gasteiger charge is -2.21. The van der Waals surface area contributed by atoms with E-state index in [9.17, 15) is 43.5 Å². The third kappa shape index (κ3) is 75.9. The van der Waals surface area contributed by atoms with Gasteiger partial charge in [-0.3, -0.25) is 32.5 Å². The van der Waals surface area contributed by atoms with Gasteiger partial charge in [-0.15, -0.1) is 0 Å². The first-order chi connectivity index (χ1) is 49.2. The summed E-state index contributed by atoms with van der Waals surface area (Å²) >= 11 is 0. The third-order valence-electron chi connectivity index (χ3n) is 15.4. The number of hydrogen-bond acceptors (Lipinski definition) is 14. The molecule has 0 aliphatic heterocycles. The van der Waals surface area contributed by atoms with Crippen LogP contribution in [0.4, 0.5) is 0 Å². The number of phosphoric ester groups is 2. The van der Waals surface area contributed by atoms with Gasteiger partial charge in [0.1, 0.15) is 25.4 Å². The first kappa shape index (κ1) is 95.9. The van der Waals surface area contributed by atoms with E-state index in [4.69, 9.17) is 32.3 Å². The monoisotopic (exact) mass is 1450 g/mol. The molecule has 18 heteroatoms. The van der Waals surface area contributed by atoms with Crippen molar-refractivity contribution in [1.29, 1.82) is 0 Å². The molecule has 0 heterocycles. The highest BCUT2D eigenvalue weighted by Gasteiger charge is 2.29. The lowest BCUT2D eigenvalue weighted by Crippen LogP contribution is -2.30. The molecular weight excluding hydrogens is 1310 g/mol. The first-order valence-corrected chi connectivity index (χ1v) is 41.4. The molecule has 0 radical (unpaired) electrons. The summed E-state index contributed by atoms with van der Waals surface area (Å²) in [6.45, 7) is 2.35. The summed E-state index contributed by atoms with van der Waals surface area (Å²) in [6, 6.07) is 0. The van der Waals surface area contributed by atoms with Crippen LogP contribution in [0.25, 0.3) is 0 Å². The van der Waals surface area contributed by atoms with Crippen molar-refractivity contribution in [2.75, 3.05) is 39.6 Å². The molecule has 0 aromatic carbocycles. The van der Waals surface area contributed by atoms with Gasteiger partial charge in [-0.1, -0.05) is 274 Å². The van der Waals surface area contributed by atoms with E-state index in [1.54, 1.807) is 0 Å². The number of carbonyl (C=O) groups is 3. The van der Waals surface area contributed by atoms with E-state index in [-0.39, 0.29) is 19.3 Å². The summed E-state index contributed by atoms with van der Waals surface area (Å²) in [5.41, 5.74) is 0. The Morgan fingerprint density at radius 3 is 0.832 bits per heavy atom. The van der Waals surface area contributed by atoms with Gasteiger partial charge < -0.3 is 34.2 Å². The van der Waals surface area contributed by atoms with Gasteiger partial charge in [0, 0.05) is 19.3 Å². The van der Waals surface area contributed by atoms with Crippen LogP contribution < -0.4 is 0 Å². The topological polar surface area (TPSA) is 231 Å². The molecule has 0 rings (SSSR count). The summed E-state index contributed by atoms with van der Waals surface area (Å²) in [5, 5.41) is 20.6. The Bertz CT molecular complexity index is 2520. The van der Waals surface area contributed by atoms with Crippen LogP contribution in [-0.2, 0) is 55.8 Å². The SMILES string of the molecule is CC/C=C\C/C=C\C/C=C\C/C=C\C/C=C\C/C=C\CCCCCCC(=O)OCC(O)COP(=O)(O)OCC(O)COP(=O)(O)OCC(COC(=O)CCCCCCCCC/C=C\C/C=C\C/C=C\C/C=C\C/C=C\CC)OC(=O)CCCCCCCC/C=C\C/C=C\C/C=C\CCCCC. The van der Waals surface area contributed by atoms with Gasteiger partial charge in [-0.05, 0) is 154 Å². The van der Waals surface area contributed by atoms with Gasteiger partial charge in [0.15, 0.2) is 6.10 Å². The van der Waals surface area contributed by atoms with Gasteiger partial charge in [0.05, 0.1) is 26.4 Å². The number of esters is 3. The smallest absolute Gasteiger partial charge is 0.463 e.